The van der Waals surface area contributed by atoms with E-state index in [-0.39, 0.29) is 12.7 Å². The Bertz CT molecular complexity index is 754. The first-order chi connectivity index (χ1) is 11.9. The van der Waals surface area contributed by atoms with E-state index in [1.54, 1.807) is 18.2 Å². The topological polar surface area (TPSA) is 106 Å². The van der Waals surface area contributed by atoms with Gasteiger partial charge in [-0.2, -0.15) is 17.4 Å². The van der Waals surface area contributed by atoms with Crippen LogP contribution in [-0.2, 0) is 19.7 Å². The molecular weight excluding hydrogens is 350 g/mol. The van der Waals surface area contributed by atoms with Crippen molar-refractivity contribution in [2.24, 2.45) is 0 Å². The Labute approximate surface area is 146 Å². The Kier molecular flexibility index (Phi) is 5.13. The van der Waals surface area contributed by atoms with Gasteiger partial charge >= 0.3 is 0 Å². The highest BCUT2D eigenvalue weighted by molar-refractivity contribution is 7.87. The molecule has 0 saturated carbocycles. The van der Waals surface area contributed by atoms with E-state index in [1.807, 2.05) is 0 Å². The Morgan fingerprint density at radius 1 is 1.40 bits per heavy atom. The molecule has 2 atom stereocenters. The lowest BCUT2D eigenvalue weighted by Crippen LogP contribution is -2.57. The summed E-state index contributed by atoms with van der Waals surface area (Å²) in [6.07, 6.45) is 0.300. The zero-order chi connectivity index (χ0) is 18.0. The molecule has 0 spiro atoms. The normalized spacial score (nSPS) is 24.9. The molecule has 2 unspecified atom stereocenters. The van der Waals surface area contributed by atoms with Crippen LogP contribution in [0.3, 0.4) is 0 Å². The second kappa shape index (κ2) is 7.16. The highest BCUT2D eigenvalue weighted by atomic mass is 32.2. The van der Waals surface area contributed by atoms with Crippen molar-refractivity contribution in [1.82, 2.24) is 14.3 Å². The molecule has 1 amide bonds. The largest absolute Gasteiger partial charge is 0.454 e. The molecule has 1 saturated heterocycles. The second-order valence-corrected chi connectivity index (χ2v) is 7.60. The maximum absolute atomic E-state index is 12.4. The van der Waals surface area contributed by atoms with Crippen molar-refractivity contribution >= 4 is 16.1 Å². The molecule has 0 bridgehead atoms. The van der Waals surface area contributed by atoms with Crippen LogP contribution in [0.15, 0.2) is 18.2 Å². The fourth-order valence-electron chi connectivity index (χ4n) is 2.85. The van der Waals surface area contributed by atoms with E-state index in [2.05, 4.69) is 10.0 Å². The lowest BCUT2D eigenvalue weighted by atomic mass is 9.99. The first-order valence-corrected chi connectivity index (χ1v) is 9.28. The smallest absolute Gasteiger partial charge is 0.280 e. The summed E-state index contributed by atoms with van der Waals surface area (Å²) in [6, 6.07) is 3.90. The van der Waals surface area contributed by atoms with Crippen molar-refractivity contribution in [2.75, 3.05) is 34.1 Å². The quantitative estimate of drug-likeness (QED) is 0.692. The number of carbonyl (C=O) groups is 1. The zero-order valence-corrected chi connectivity index (χ0v) is 14.8. The van der Waals surface area contributed by atoms with Crippen molar-refractivity contribution in [1.29, 1.82) is 0 Å². The molecule has 25 heavy (non-hydrogen) atoms. The average molecular weight is 371 g/mol. The number of methoxy groups -OCH3 is 1. The zero-order valence-electron chi connectivity index (χ0n) is 14.0. The van der Waals surface area contributed by atoms with Crippen molar-refractivity contribution in [2.45, 2.75) is 18.5 Å². The number of amides is 1. The van der Waals surface area contributed by atoms with Gasteiger partial charge in [-0.3, -0.25) is 4.79 Å². The van der Waals surface area contributed by atoms with E-state index in [4.69, 9.17) is 14.2 Å². The molecule has 0 aromatic heterocycles. The monoisotopic (exact) mass is 371 g/mol. The van der Waals surface area contributed by atoms with Crippen LogP contribution >= 0.6 is 0 Å². The van der Waals surface area contributed by atoms with Crippen molar-refractivity contribution in [3.05, 3.63) is 23.8 Å². The first-order valence-electron chi connectivity index (χ1n) is 7.84. The van der Waals surface area contributed by atoms with Gasteiger partial charge in [-0.15, -0.1) is 0 Å². The van der Waals surface area contributed by atoms with Gasteiger partial charge in [-0.1, -0.05) is 6.07 Å². The highest BCUT2D eigenvalue weighted by Gasteiger charge is 2.40. The van der Waals surface area contributed by atoms with Crippen LogP contribution in [0.4, 0.5) is 0 Å². The van der Waals surface area contributed by atoms with Crippen LogP contribution in [0.25, 0.3) is 0 Å². The number of benzene rings is 1. The standard InChI is InChI=1S/C15H21N3O6S/c1-18-12(15(19)16-5-6-22-2)8-11(17-25(18,20)21)10-3-4-13-14(7-10)24-9-23-13/h3-4,7,11-12,17H,5-6,8-9H2,1-2H3,(H,16,19). The lowest BCUT2D eigenvalue weighted by Gasteiger charge is -2.36. The number of nitrogens with one attached hydrogen (secondary N) is 2. The van der Waals surface area contributed by atoms with Gasteiger partial charge in [0.25, 0.3) is 10.2 Å². The van der Waals surface area contributed by atoms with E-state index in [1.165, 1.54) is 14.2 Å². The van der Waals surface area contributed by atoms with E-state index < -0.39 is 22.3 Å². The van der Waals surface area contributed by atoms with Gasteiger partial charge in [0.1, 0.15) is 6.04 Å². The second-order valence-electron chi connectivity index (χ2n) is 5.84. The number of fused-ring (bicyclic) bond motifs is 1. The minimum Gasteiger partial charge on any atom is -0.454 e. The summed E-state index contributed by atoms with van der Waals surface area (Å²) >= 11 is 0. The number of rotatable bonds is 5. The third-order valence-electron chi connectivity index (χ3n) is 4.28. The molecule has 1 fully saturated rings. The molecule has 0 aliphatic carbocycles. The average Bonchev–Trinajstić information content (AvgIpc) is 3.04. The van der Waals surface area contributed by atoms with E-state index in [9.17, 15) is 13.2 Å². The molecule has 2 aliphatic heterocycles. The van der Waals surface area contributed by atoms with Crippen LogP contribution in [0.5, 0.6) is 11.5 Å². The fraction of sp³-hybridized carbons (Fsp3) is 0.533. The molecule has 2 N–H and O–H groups in total. The third-order valence-corrected chi connectivity index (χ3v) is 5.87. The SMILES string of the molecule is COCCNC(=O)C1CC(c2ccc3c(c2)OCO3)NS(=O)(=O)N1C. The van der Waals surface area contributed by atoms with Gasteiger partial charge < -0.3 is 19.5 Å². The van der Waals surface area contributed by atoms with Gasteiger partial charge in [-0.05, 0) is 24.1 Å². The van der Waals surface area contributed by atoms with Crippen LogP contribution < -0.4 is 19.5 Å². The summed E-state index contributed by atoms with van der Waals surface area (Å²) < 4.78 is 44.0. The van der Waals surface area contributed by atoms with Crippen molar-refractivity contribution < 1.29 is 27.4 Å². The molecule has 2 heterocycles. The number of ether oxygens (including phenoxy) is 3. The van der Waals surface area contributed by atoms with E-state index in [0.29, 0.717) is 31.1 Å². The predicted molar refractivity (Wildman–Crippen MR) is 88.4 cm³/mol. The molecule has 0 radical (unpaired) electrons. The van der Waals surface area contributed by atoms with Crippen molar-refractivity contribution in [3.63, 3.8) is 0 Å². The lowest BCUT2D eigenvalue weighted by molar-refractivity contribution is -0.125. The van der Waals surface area contributed by atoms with Gasteiger partial charge in [0.05, 0.1) is 12.6 Å². The molecule has 2 aliphatic rings. The van der Waals surface area contributed by atoms with Gasteiger partial charge in [0.15, 0.2) is 11.5 Å². The number of carbonyl (C=O) groups excluding carboxylic acids is 1. The Morgan fingerprint density at radius 2 is 2.16 bits per heavy atom. The minimum absolute atomic E-state index is 0.141. The summed E-state index contributed by atoms with van der Waals surface area (Å²) in [5.41, 5.74) is 0.718. The summed E-state index contributed by atoms with van der Waals surface area (Å²) in [5.74, 6) is 0.834. The predicted octanol–water partition coefficient (Wildman–Crippen LogP) is -0.242. The molecule has 1 aromatic carbocycles. The maximum Gasteiger partial charge on any atom is 0.280 e. The molecule has 3 rings (SSSR count). The summed E-state index contributed by atoms with van der Waals surface area (Å²) in [5, 5.41) is 2.69. The van der Waals surface area contributed by atoms with E-state index in [0.717, 1.165) is 9.87 Å². The van der Waals surface area contributed by atoms with Gasteiger partial charge in [0, 0.05) is 20.7 Å². The molecule has 138 valence electrons. The Morgan fingerprint density at radius 3 is 2.92 bits per heavy atom. The third kappa shape index (κ3) is 3.71. The number of hydrogen-bond acceptors (Lipinski definition) is 6. The van der Waals surface area contributed by atoms with Crippen LogP contribution in [0.2, 0.25) is 0 Å². The summed E-state index contributed by atoms with van der Waals surface area (Å²) in [7, 11) is -0.860. The fourth-order valence-corrected chi connectivity index (χ4v) is 4.13. The van der Waals surface area contributed by atoms with Gasteiger partial charge in [0.2, 0.25) is 12.7 Å². The minimum atomic E-state index is -3.78. The molecule has 9 nitrogen and oxygen atoms in total. The first kappa shape index (κ1) is 17.9. The van der Waals surface area contributed by atoms with Crippen LogP contribution in [0.1, 0.15) is 18.0 Å². The number of nitrogens with zero attached hydrogens (tertiary/aromatic N) is 1. The molecular formula is C15H21N3O6S. The molecule has 10 heteroatoms. The van der Waals surface area contributed by atoms with Gasteiger partial charge in [-0.25, -0.2) is 0 Å². The number of likely N-dealkylation sites (N-methyl/N-ethyl adjacent to an activating group) is 1. The van der Waals surface area contributed by atoms with E-state index >= 15 is 0 Å². The van der Waals surface area contributed by atoms with Crippen LogP contribution in [-0.4, -0.2) is 58.8 Å². The summed E-state index contributed by atoms with van der Waals surface area (Å²) in [6.45, 7) is 0.822. The maximum atomic E-state index is 12.4. The number of hydrogen-bond donors (Lipinski definition) is 2. The summed E-state index contributed by atoms with van der Waals surface area (Å²) in [4.78, 5) is 12.4. The Hall–Kier alpha value is -1.88. The van der Waals surface area contributed by atoms with Crippen molar-refractivity contribution in [3.8, 4) is 11.5 Å². The Balaban J connectivity index is 1.80. The highest BCUT2D eigenvalue weighted by Crippen LogP contribution is 2.36. The van der Waals surface area contributed by atoms with Crippen LogP contribution in [0, 0.1) is 0 Å². The molecule has 1 aromatic rings.